The highest BCUT2D eigenvalue weighted by Gasteiger charge is 2.32. The fourth-order valence-corrected chi connectivity index (χ4v) is 3.18. The van der Waals surface area contributed by atoms with Crippen LogP contribution in [0.5, 0.6) is 0 Å². The number of thiazole rings is 1. The van der Waals surface area contributed by atoms with Crippen molar-refractivity contribution in [1.29, 1.82) is 0 Å². The van der Waals surface area contributed by atoms with Crippen LogP contribution in [-0.4, -0.2) is 34.6 Å². The zero-order chi connectivity index (χ0) is 12.6. The molecule has 1 aliphatic rings. The molecule has 1 fully saturated rings. The van der Waals surface area contributed by atoms with E-state index in [1.54, 1.807) is 0 Å². The molecule has 0 bridgehead atoms. The molecule has 4 heteroatoms. The van der Waals surface area contributed by atoms with Gasteiger partial charge in [0.25, 0.3) is 0 Å². The van der Waals surface area contributed by atoms with E-state index in [-0.39, 0.29) is 5.54 Å². The first kappa shape index (κ1) is 13.0. The van der Waals surface area contributed by atoms with Crippen LogP contribution in [0.4, 0.5) is 0 Å². The third-order valence-corrected chi connectivity index (χ3v) is 4.69. The van der Waals surface area contributed by atoms with Gasteiger partial charge in [-0.25, -0.2) is 4.98 Å². The summed E-state index contributed by atoms with van der Waals surface area (Å²) in [6.45, 7) is 14.3. The summed E-state index contributed by atoms with van der Waals surface area (Å²) in [5.74, 6) is 0. The molecular weight excluding hydrogens is 230 g/mol. The molecule has 0 saturated carbocycles. The predicted octanol–water partition coefficient (Wildman–Crippen LogP) is 2.33. The highest BCUT2D eigenvalue weighted by molar-refractivity contribution is 7.11. The number of piperazine rings is 1. The van der Waals surface area contributed by atoms with Crippen LogP contribution in [0.25, 0.3) is 0 Å². The van der Waals surface area contributed by atoms with Crippen molar-refractivity contribution in [2.75, 3.05) is 13.1 Å². The van der Waals surface area contributed by atoms with Crippen LogP contribution in [0.1, 0.15) is 36.3 Å². The SMILES string of the molecule is Cc1nc(CN2CC(C)NCC2(C)C)sc1C. The lowest BCUT2D eigenvalue weighted by atomic mass is 9.98. The van der Waals surface area contributed by atoms with Crippen LogP contribution < -0.4 is 5.32 Å². The van der Waals surface area contributed by atoms with Gasteiger partial charge in [0.2, 0.25) is 0 Å². The third-order valence-electron chi connectivity index (χ3n) is 3.63. The molecule has 2 rings (SSSR count). The number of nitrogens with zero attached hydrogens (tertiary/aromatic N) is 2. The molecule has 0 aliphatic carbocycles. The zero-order valence-corrected chi connectivity index (χ0v) is 12.3. The summed E-state index contributed by atoms with van der Waals surface area (Å²) >= 11 is 1.84. The van der Waals surface area contributed by atoms with Gasteiger partial charge < -0.3 is 5.32 Å². The van der Waals surface area contributed by atoms with E-state index in [0.717, 1.165) is 19.6 Å². The molecule has 96 valence electrons. The van der Waals surface area contributed by atoms with Gasteiger partial charge in [-0.3, -0.25) is 4.90 Å². The van der Waals surface area contributed by atoms with E-state index < -0.39 is 0 Å². The van der Waals surface area contributed by atoms with Crippen molar-refractivity contribution in [3.63, 3.8) is 0 Å². The van der Waals surface area contributed by atoms with Crippen LogP contribution in [0, 0.1) is 13.8 Å². The molecule has 3 nitrogen and oxygen atoms in total. The minimum atomic E-state index is 0.222. The number of nitrogens with one attached hydrogen (secondary N) is 1. The fraction of sp³-hybridized carbons (Fsp3) is 0.769. The summed E-state index contributed by atoms with van der Waals surface area (Å²) in [5.41, 5.74) is 1.41. The quantitative estimate of drug-likeness (QED) is 0.877. The molecule has 0 aromatic carbocycles. The zero-order valence-electron chi connectivity index (χ0n) is 11.5. The van der Waals surface area contributed by atoms with Gasteiger partial charge in [-0.15, -0.1) is 11.3 Å². The highest BCUT2D eigenvalue weighted by atomic mass is 32.1. The van der Waals surface area contributed by atoms with Crippen molar-refractivity contribution >= 4 is 11.3 Å². The Labute approximate surface area is 108 Å². The molecule has 1 unspecified atom stereocenters. The minimum absolute atomic E-state index is 0.222. The number of aromatic nitrogens is 1. The van der Waals surface area contributed by atoms with Crippen LogP contribution in [0.2, 0.25) is 0 Å². The maximum absolute atomic E-state index is 4.65. The summed E-state index contributed by atoms with van der Waals surface area (Å²) in [6.07, 6.45) is 0. The molecule has 17 heavy (non-hydrogen) atoms. The molecule has 1 N–H and O–H groups in total. The predicted molar refractivity (Wildman–Crippen MR) is 73.5 cm³/mol. The maximum Gasteiger partial charge on any atom is 0.107 e. The van der Waals surface area contributed by atoms with E-state index in [4.69, 9.17) is 0 Å². The monoisotopic (exact) mass is 253 g/mol. The first-order valence-corrected chi connectivity index (χ1v) is 7.11. The molecular formula is C13H23N3S. The summed E-state index contributed by atoms with van der Waals surface area (Å²) in [4.78, 5) is 8.55. The average Bonchev–Trinajstić information content (AvgIpc) is 2.53. The molecule has 2 heterocycles. The summed E-state index contributed by atoms with van der Waals surface area (Å²) in [7, 11) is 0. The molecule has 0 spiro atoms. The van der Waals surface area contributed by atoms with E-state index in [1.807, 2.05) is 11.3 Å². The third kappa shape index (κ3) is 2.87. The van der Waals surface area contributed by atoms with Crippen molar-refractivity contribution in [1.82, 2.24) is 15.2 Å². The lowest BCUT2D eigenvalue weighted by molar-refractivity contribution is 0.0625. The Kier molecular flexibility index (Phi) is 3.57. The molecule has 1 aromatic heterocycles. The molecule has 1 saturated heterocycles. The normalized spacial score (nSPS) is 25.1. The van der Waals surface area contributed by atoms with Crippen LogP contribution >= 0.6 is 11.3 Å². The molecule has 1 aliphatic heterocycles. The lowest BCUT2D eigenvalue weighted by Gasteiger charge is -2.45. The van der Waals surface area contributed by atoms with Crippen molar-refractivity contribution in [3.05, 3.63) is 15.6 Å². The van der Waals surface area contributed by atoms with E-state index in [2.05, 4.69) is 49.8 Å². The molecule has 0 radical (unpaired) electrons. The Bertz CT molecular complexity index is 378. The largest absolute Gasteiger partial charge is 0.311 e. The standard InChI is InChI=1S/C13H23N3S/c1-9-6-16(13(4,5)8-14-9)7-12-15-10(2)11(3)17-12/h9,14H,6-8H2,1-5H3. The molecule has 1 aromatic rings. The Morgan fingerprint density at radius 3 is 2.76 bits per heavy atom. The lowest BCUT2D eigenvalue weighted by Crippen LogP contribution is -2.60. The number of hydrogen-bond donors (Lipinski definition) is 1. The van der Waals surface area contributed by atoms with E-state index in [9.17, 15) is 0 Å². The number of rotatable bonds is 2. The Hall–Kier alpha value is -0.450. The fourth-order valence-electron chi connectivity index (χ4n) is 2.23. The smallest absolute Gasteiger partial charge is 0.107 e. The molecule has 0 amide bonds. The van der Waals surface area contributed by atoms with Gasteiger partial charge in [0.05, 0.1) is 12.2 Å². The summed E-state index contributed by atoms with van der Waals surface area (Å²) < 4.78 is 0. The van der Waals surface area contributed by atoms with Gasteiger partial charge in [-0.2, -0.15) is 0 Å². The van der Waals surface area contributed by atoms with Crippen molar-refractivity contribution in [2.24, 2.45) is 0 Å². The Morgan fingerprint density at radius 1 is 1.47 bits per heavy atom. The Balaban J connectivity index is 2.10. The van der Waals surface area contributed by atoms with Gasteiger partial charge in [0.15, 0.2) is 0 Å². The number of hydrogen-bond acceptors (Lipinski definition) is 4. The van der Waals surface area contributed by atoms with Gasteiger partial charge >= 0.3 is 0 Å². The second-order valence-electron chi connectivity index (χ2n) is 5.72. The second-order valence-corrected chi connectivity index (χ2v) is 7.01. The summed E-state index contributed by atoms with van der Waals surface area (Å²) in [6, 6.07) is 0.574. The van der Waals surface area contributed by atoms with Crippen LogP contribution in [-0.2, 0) is 6.54 Å². The van der Waals surface area contributed by atoms with Gasteiger partial charge in [0.1, 0.15) is 5.01 Å². The highest BCUT2D eigenvalue weighted by Crippen LogP contribution is 2.24. The van der Waals surface area contributed by atoms with E-state index >= 15 is 0 Å². The average molecular weight is 253 g/mol. The maximum atomic E-state index is 4.65. The molecule has 1 atom stereocenters. The topological polar surface area (TPSA) is 28.2 Å². The van der Waals surface area contributed by atoms with Crippen LogP contribution in [0.3, 0.4) is 0 Å². The van der Waals surface area contributed by atoms with Crippen molar-refractivity contribution in [3.8, 4) is 0 Å². The van der Waals surface area contributed by atoms with Gasteiger partial charge in [-0.05, 0) is 34.6 Å². The van der Waals surface area contributed by atoms with Crippen molar-refractivity contribution in [2.45, 2.75) is 52.7 Å². The van der Waals surface area contributed by atoms with Gasteiger partial charge in [0, 0.05) is 29.5 Å². The van der Waals surface area contributed by atoms with Crippen LogP contribution in [0.15, 0.2) is 0 Å². The second kappa shape index (κ2) is 4.67. The van der Waals surface area contributed by atoms with E-state index in [1.165, 1.54) is 15.6 Å². The first-order chi connectivity index (χ1) is 7.88. The Morgan fingerprint density at radius 2 is 2.18 bits per heavy atom. The van der Waals surface area contributed by atoms with Crippen molar-refractivity contribution < 1.29 is 0 Å². The summed E-state index contributed by atoms with van der Waals surface area (Å²) in [5, 5.41) is 4.80. The van der Waals surface area contributed by atoms with E-state index in [0.29, 0.717) is 6.04 Å². The minimum Gasteiger partial charge on any atom is -0.311 e. The van der Waals surface area contributed by atoms with Gasteiger partial charge in [-0.1, -0.05) is 0 Å². The number of aryl methyl sites for hydroxylation is 2. The first-order valence-electron chi connectivity index (χ1n) is 6.30.